The summed E-state index contributed by atoms with van der Waals surface area (Å²) in [6.07, 6.45) is 4.98. The van der Waals surface area contributed by atoms with E-state index in [0.29, 0.717) is 18.0 Å². The zero-order valence-corrected chi connectivity index (χ0v) is 18.0. The molecule has 1 aliphatic carbocycles. The van der Waals surface area contributed by atoms with Gasteiger partial charge in [-0.15, -0.1) is 11.3 Å². The second-order valence-electron chi connectivity index (χ2n) is 7.95. The minimum Gasteiger partial charge on any atom is -0.300 e. The lowest BCUT2D eigenvalue weighted by Gasteiger charge is -2.14. The molecule has 1 N–H and O–H groups in total. The van der Waals surface area contributed by atoms with Crippen molar-refractivity contribution in [2.24, 2.45) is 11.8 Å². The summed E-state index contributed by atoms with van der Waals surface area (Å²) >= 11 is 1.31. The standard InChI is InChI=1S/C25H21N3O3S/c29-22(14-28-23(30)19-8-4-5-9-20(19)24(28)31)27-25-26-21(15-32-25)18-12-10-17(11-13-18)16-6-2-1-3-7-16/h1-7,10-13,15,19-20H,8-9,14H2,(H,26,27,29)/t19-,20-/m1/s1. The molecule has 1 aromatic heterocycles. The van der Waals surface area contributed by atoms with E-state index in [9.17, 15) is 14.4 Å². The smallest absolute Gasteiger partial charge is 0.246 e. The number of imide groups is 1. The van der Waals surface area contributed by atoms with Crippen LogP contribution in [0.2, 0.25) is 0 Å². The number of rotatable bonds is 5. The second kappa shape index (κ2) is 8.51. The highest BCUT2D eigenvalue weighted by Gasteiger charge is 2.47. The maximum absolute atomic E-state index is 12.5. The summed E-state index contributed by atoms with van der Waals surface area (Å²) in [5.41, 5.74) is 3.97. The van der Waals surface area contributed by atoms with Crippen LogP contribution >= 0.6 is 11.3 Å². The monoisotopic (exact) mass is 443 g/mol. The molecule has 6 nitrogen and oxygen atoms in total. The van der Waals surface area contributed by atoms with E-state index in [1.54, 1.807) is 0 Å². The maximum Gasteiger partial charge on any atom is 0.246 e. The van der Waals surface area contributed by atoms with Gasteiger partial charge in [-0.3, -0.25) is 19.3 Å². The van der Waals surface area contributed by atoms with Gasteiger partial charge in [0.15, 0.2) is 5.13 Å². The van der Waals surface area contributed by atoms with Gasteiger partial charge in [0.2, 0.25) is 17.7 Å². The molecular weight excluding hydrogens is 422 g/mol. The SMILES string of the molecule is O=C(CN1C(=O)[C@@H]2CC=CC[C@H]2C1=O)Nc1nc(-c2ccc(-c3ccccc3)cc2)cs1. The van der Waals surface area contributed by atoms with E-state index in [0.717, 1.165) is 27.3 Å². The van der Waals surface area contributed by atoms with E-state index in [-0.39, 0.29) is 30.2 Å². The molecule has 0 saturated carbocycles. The summed E-state index contributed by atoms with van der Waals surface area (Å²) in [6, 6.07) is 18.2. The average molecular weight is 444 g/mol. The quantitative estimate of drug-likeness (QED) is 0.469. The summed E-state index contributed by atoms with van der Waals surface area (Å²) in [5, 5.41) is 5.04. The van der Waals surface area contributed by atoms with E-state index in [4.69, 9.17) is 0 Å². The number of fused-ring (bicyclic) bond motifs is 1. The zero-order chi connectivity index (χ0) is 22.1. The van der Waals surface area contributed by atoms with E-state index in [1.165, 1.54) is 11.3 Å². The molecular formula is C25H21N3O3S. The number of allylic oxidation sites excluding steroid dienone is 2. The highest BCUT2D eigenvalue weighted by molar-refractivity contribution is 7.14. The molecule has 1 saturated heterocycles. The van der Waals surface area contributed by atoms with Gasteiger partial charge in [0.25, 0.3) is 0 Å². The first kappa shape index (κ1) is 20.3. The Hall–Kier alpha value is -3.58. The molecule has 0 bridgehead atoms. The minimum atomic E-state index is -0.418. The number of hydrogen-bond donors (Lipinski definition) is 1. The first-order valence-corrected chi connectivity index (χ1v) is 11.4. The molecule has 160 valence electrons. The summed E-state index contributed by atoms with van der Waals surface area (Å²) in [6.45, 7) is -0.272. The number of carbonyl (C=O) groups excluding carboxylic acids is 3. The molecule has 3 amide bonds. The molecule has 2 heterocycles. The third kappa shape index (κ3) is 3.87. The largest absolute Gasteiger partial charge is 0.300 e. The maximum atomic E-state index is 12.5. The van der Waals surface area contributed by atoms with Crippen LogP contribution in [0, 0.1) is 11.8 Å². The molecule has 3 aromatic rings. The summed E-state index contributed by atoms with van der Waals surface area (Å²) < 4.78 is 0. The number of benzene rings is 2. The predicted molar refractivity (Wildman–Crippen MR) is 124 cm³/mol. The van der Waals surface area contributed by atoms with Gasteiger partial charge < -0.3 is 5.32 Å². The van der Waals surface area contributed by atoms with Crippen LogP contribution in [-0.2, 0) is 14.4 Å². The van der Waals surface area contributed by atoms with Crippen molar-refractivity contribution in [3.05, 3.63) is 72.1 Å². The number of hydrogen-bond acceptors (Lipinski definition) is 5. The minimum absolute atomic E-state index is 0.252. The van der Waals surface area contributed by atoms with E-state index in [2.05, 4.69) is 22.4 Å². The summed E-state index contributed by atoms with van der Waals surface area (Å²) in [7, 11) is 0. The highest BCUT2D eigenvalue weighted by atomic mass is 32.1. The second-order valence-corrected chi connectivity index (χ2v) is 8.81. The molecule has 7 heteroatoms. The topological polar surface area (TPSA) is 79.4 Å². The molecule has 5 rings (SSSR count). The fraction of sp³-hybridized carbons (Fsp3) is 0.200. The Balaban J connectivity index is 1.23. The van der Waals surface area contributed by atoms with Crippen LogP contribution in [-0.4, -0.2) is 34.2 Å². The Bertz CT molecular complexity index is 1170. The molecule has 0 unspecified atom stereocenters. The highest BCUT2D eigenvalue weighted by Crippen LogP contribution is 2.35. The molecule has 0 radical (unpaired) electrons. The molecule has 1 aliphatic heterocycles. The van der Waals surface area contributed by atoms with Crippen LogP contribution in [0.5, 0.6) is 0 Å². The number of nitrogens with zero attached hydrogens (tertiary/aromatic N) is 2. The lowest BCUT2D eigenvalue weighted by atomic mass is 9.85. The third-order valence-electron chi connectivity index (χ3n) is 5.94. The van der Waals surface area contributed by atoms with E-state index < -0.39 is 5.91 Å². The number of thiazole rings is 1. The van der Waals surface area contributed by atoms with Gasteiger partial charge in [0.1, 0.15) is 6.54 Å². The van der Waals surface area contributed by atoms with Crippen LogP contribution in [0.25, 0.3) is 22.4 Å². The van der Waals surface area contributed by atoms with Crippen molar-refractivity contribution in [2.45, 2.75) is 12.8 Å². The van der Waals surface area contributed by atoms with Crippen molar-refractivity contribution in [1.82, 2.24) is 9.88 Å². The zero-order valence-electron chi connectivity index (χ0n) is 17.2. The van der Waals surface area contributed by atoms with Crippen LogP contribution < -0.4 is 5.32 Å². The first-order chi connectivity index (χ1) is 15.6. The number of nitrogens with one attached hydrogen (secondary N) is 1. The van der Waals surface area contributed by atoms with Crippen LogP contribution in [0.3, 0.4) is 0 Å². The fourth-order valence-corrected chi connectivity index (χ4v) is 4.99. The van der Waals surface area contributed by atoms with Gasteiger partial charge >= 0.3 is 0 Å². The van der Waals surface area contributed by atoms with Crippen molar-refractivity contribution >= 4 is 34.2 Å². The van der Waals surface area contributed by atoms with Crippen LogP contribution in [0.15, 0.2) is 72.1 Å². The number of carbonyl (C=O) groups is 3. The summed E-state index contributed by atoms with van der Waals surface area (Å²) in [5.74, 6) is -1.58. The summed E-state index contributed by atoms with van der Waals surface area (Å²) in [4.78, 5) is 43.2. The normalized spacial score (nSPS) is 19.8. The van der Waals surface area contributed by atoms with Crippen molar-refractivity contribution < 1.29 is 14.4 Å². The average Bonchev–Trinajstić information content (AvgIpc) is 3.39. The Labute approximate surface area is 189 Å². The first-order valence-electron chi connectivity index (χ1n) is 10.5. The molecule has 32 heavy (non-hydrogen) atoms. The van der Waals surface area contributed by atoms with Gasteiger partial charge in [-0.2, -0.15) is 0 Å². The Kier molecular flexibility index (Phi) is 5.41. The Morgan fingerprint density at radius 3 is 2.16 bits per heavy atom. The van der Waals surface area contributed by atoms with Crippen molar-refractivity contribution in [1.29, 1.82) is 0 Å². The van der Waals surface area contributed by atoms with Crippen molar-refractivity contribution in [2.75, 3.05) is 11.9 Å². The van der Waals surface area contributed by atoms with Gasteiger partial charge in [0, 0.05) is 10.9 Å². The Morgan fingerprint density at radius 2 is 1.50 bits per heavy atom. The van der Waals surface area contributed by atoms with Crippen LogP contribution in [0.4, 0.5) is 5.13 Å². The Morgan fingerprint density at radius 1 is 0.906 bits per heavy atom. The van der Waals surface area contributed by atoms with Crippen molar-refractivity contribution in [3.8, 4) is 22.4 Å². The third-order valence-corrected chi connectivity index (χ3v) is 6.70. The lowest BCUT2D eigenvalue weighted by molar-refractivity contribution is -0.142. The predicted octanol–water partition coefficient (Wildman–Crippen LogP) is 4.37. The number of aromatic nitrogens is 1. The molecule has 2 aromatic carbocycles. The van der Waals surface area contributed by atoms with E-state index in [1.807, 2.05) is 60.0 Å². The number of amides is 3. The molecule has 2 atom stereocenters. The van der Waals surface area contributed by atoms with Gasteiger partial charge in [0.05, 0.1) is 17.5 Å². The van der Waals surface area contributed by atoms with Crippen molar-refractivity contribution in [3.63, 3.8) is 0 Å². The van der Waals surface area contributed by atoms with Gasteiger partial charge in [-0.25, -0.2) is 4.98 Å². The van der Waals surface area contributed by atoms with Gasteiger partial charge in [-0.05, 0) is 24.0 Å². The molecule has 2 aliphatic rings. The fourth-order valence-electron chi connectivity index (χ4n) is 4.26. The van der Waals surface area contributed by atoms with Crippen LogP contribution in [0.1, 0.15) is 12.8 Å². The van der Waals surface area contributed by atoms with E-state index >= 15 is 0 Å². The molecule has 1 fully saturated rings. The molecule has 0 spiro atoms. The number of anilines is 1. The lowest BCUT2D eigenvalue weighted by Crippen LogP contribution is -2.38. The van der Waals surface area contributed by atoms with Gasteiger partial charge in [-0.1, -0.05) is 66.7 Å². The number of likely N-dealkylation sites (tertiary alicyclic amines) is 1.